The molecule has 144 valence electrons. The highest BCUT2D eigenvalue weighted by atomic mass is 19.1. The average molecular weight is 376 g/mol. The van der Waals surface area contributed by atoms with E-state index in [-0.39, 0.29) is 30.4 Å². The minimum Gasteiger partial charge on any atom is -0.482 e. The van der Waals surface area contributed by atoms with Gasteiger partial charge in [0.2, 0.25) is 0 Å². The lowest BCUT2D eigenvalue weighted by molar-refractivity contribution is -0.150. The Morgan fingerprint density at radius 1 is 1.26 bits per heavy atom. The van der Waals surface area contributed by atoms with Crippen LogP contribution in [0.4, 0.5) is 4.39 Å². The van der Waals surface area contributed by atoms with Crippen LogP contribution in [0, 0.1) is 11.2 Å². The van der Waals surface area contributed by atoms with E-state index in [2.05, 4.69) is 10.5 Å². The number of aliphatic carboxylic acids is 1. The molecule has 0 atom stereocenters. The lowest BCUT2D eigenvalue weighted by atomic mass is 9.74. The highest BCUT2D eigenvalue weighted by Crippen LogP contribution is 2.36. The molecular weight excluding hydrogens is 355 g/mol. The number of carbonyl (C=O) groups is 2. The van der Waals surface area contributed by atoms with Crippen molar-refractivity contribution in [2.45, 2.75) is 38.7 Å². The first kappa shape index (κ1) is 18.9. The van der Waals surface area contributed by atoms with Gasteiger partial charge in [-0.3, -0.25) is 9.59 Å². The molecule has 0 saturated heterocycles. The summed E-state index contributed by atoms with van der Waals surface area (Å²) >= 11 is 0. The molecule has 0 radical (unpaired) electrons. The summed E-state index contributed by atoms with van der Waals surface area (Å²) in [6.45, 7) is -0.0324. The van der Waals surface area contributed by atoms with Gasteiger partial charge in [-0.25, -0.2) is 4.39 Å². The van der Waals surface area contributed by atoms with E-state index in [0.29, 0.717) is 12.8 Å². The van der Waals surface area contributed by atoms with Crippen LogP contribution in [0.25, 0.3) is 0 Å². The van der Waals surface area contributed by atoms with Gasteiger partial charge in [0.25, 0.3) is 5.91 Å². The molecule has 1 heterocycles. The average Bonchev–Trinajstić information content (AvgIpc) is 3.15. The number of amides is 1. The van der Waals surface area contributed by atoms with E-state index >= 15 is 0 Å². The van der Waals surface area contributed by atoms with Crippen molar-refractivity contribution < 1.29 is 28.3 Å². The SMILES string of the molecule is O=C(NCC1(C(=O)O)CCCCC1)c1cc(COc2ccccc2F)on1. The highest BCUT2D eigenvalue weighted by molar-refractivity contribution is 5.92. The van der Waals surface area contributed by atoms with Gasteiger partial charge in [0, 0.05) is 12.6 Å². The zero-order chi connectivity index (χ0) is 19.3. The van der Waals surface area contributed by atoms with Gasteiger partial charge in [-0.05, 0) is 25.0 Å². The third kappa shape index (κ3) is 4.45. The zero-order valence-corrected chi connectivity index (χ0v) is 14.7. The Morgan fingerprint density at radius 3 is 2.70 bits per heavy atom. The first-order chi connectivity index (χ1) is 13.0. The standard InChI is InChI=1S/C19H21FN2O5/c20-14-6-2-3-7-16(14)26-11-13-10-15(22-27-13)17(23)21-12-19(18(24)25)8-4-1-5-9-19/h2-3,6-7,10H,1,4-5,8-9,11-12H2,(H,21,23)(H,24,25). The van der Waals surface area contributed by atoms with Gasteiger partial charge in [0.1, 0.15) is 6.61 Å². The molecule has 0 bridgehead atoms. The smallest absolute Gasteiger partial charge is 0.311 e. The third-order valence-corrected chi connectivity index (χ3v) is 4.85. The number of carbonyl (C=O) groups excluding carboxylic acids is 1. The first-order valence-electron chi connectivity index (χ1n) is 8.85. The van der Waals surface area contributed by atoms with Crippen molar-refractivity contribution >= 4 is 11.9 Å². The number of hydrogen-bond donors (Lipinski definition) is 2. The van der Waals surface area contributed by atoms with Gasteiger partial charge in [0.05, 0.1) is 5.41 Å². The number of nitrogens with one attached hydrogen (secondary N) is 1. The Kier molecular flexibility index (Phi) is 5.73. The molecule has 8 heteroatoms. The lowest BCUT2D eigenvalue weighted by Gasteiger charge is -2.33. The summed E-state index contributed by atoms with van der Waals surface area (Å²) in [7, 11) is 0. The molecule has 1 aliphatic rings. The maximum absolute atomic E-state index is 13.5. The monoisotopic (exact) mass is 376 g/mol. The Hall–Kier alpha value is -2.90. The molecule has 0 aliphatic heterocycles. The second-order valence-corrected chi connectivity index (χ2v) is 6.73. The van der Waals surface area contributed by atoms with Crippen LogP contribution < -0.4 is 10.1 Å². The molecular formula is C19H21FN2O5. The van der Waals surface area contributed by atoms with E-state index < -0.39 is 23.1 Å². The first-order valence-corrected chi connectivity index (χ1v) is 8.85. The van der Waals surface area contributed by atoms with E-state index in [9.17, 15) is 19.1 Å². The van der Waals surface area contributed by atoms with Crippen molar-refractivity contribution in [3.8, 4) is 5.75 Å². The second-order valence-electron chi connectivity index (χ2n) is 6.73. The summed E-state index contributed by atoms with van der Waals surface area (Å²) in [6.07, 6.45) is 3.78. The van der Waals surface area contributed by atoms with Crippen molar-refractivity contribution in [2.75, 3.05) is 6.54 Å². The maximum atomic E-state index is 13.5. The molecule has 1 saturated carbocycles. The summed E-state index contributed by atoms with van der Waals surface area (Å²) in [5.74, 6) is -1.57. The molecule has 2 aromatic rings. The molecule has 3 rings (SSSR count). The van der Waals surface area contributed by atoms with E-state index in [1.807, 2.05) is 0 Å². The van der Waals surface area contributed by atoms with Crippen LogP contribution in [0.3, 0.4) is 0 Å². The Bertz CT molecular complexity index is 814. The topological polar surface area (TPSA) is 102 Å². The summed E-state index contributed by atoms with van der Waals surface area (Å²) in [4.78, 5) is 23.9. The zero-order valence-electron chi connectivity index (χ0n) is 14.7. The van der Waals surface area contributed by atoms with Crippen LogP contribution in [-0.2, 0) is 11.4 Å². The minimum absolute atomic E-state index is 0.0264. The highest BCUT2D eigenvalue weighted by Gasteiger charge is 2.40. The van der Waals surface area contributed by atoms with Gasteiger partial charge in [-0.2, -0.15) is 0 Å². The molecule has 1 aromatic carbocycles. The van der Waals surface area contributed by atoms with Crippen LogP contribution >= 0.6 is 0 Å². The number of aromatic nitrogens is 1. The van der Waals surface area contributed by atoms with Crippen LogP contribution in [0.15, 0.2) is 34.9 Å². The van der Waals surface area contributed by atoms with Crippen molar-refractivity contribution in [1.82, 2.24) is 10.5 Å². The van der Waals surface area contributed by atoms with Crippen molar-refractivity contribution in [1.29, 1.82) is 0 Å². The number of hydrogen-bond acceptors (Lipinski definition) is 5. The summed E-state index contributed by atoms with van der Waals surface area (Å²) in [6, 6.07) is 7.34. The third-order valence-electron chi connectivity index (χ3n) is 4.85. The van der Waals surface area contributed by atoms with Gasteiger partial charge in [-0.1, -0.05) is 36.6 Å². The van der Waals surface area contributed by atoms with Crippen molar-refractivity contribution in [3.63, 3.8) is 0 Å². The van der Waals surface area contributed by atoms with E-state index in [1.165, 1.54) is 18.2 Å². The Morgan fingerprint density at radius 2 is 2.00 bits per heavy atom. The number of para-hydroxylation sites is 1. The number of benzene rings is 1. The fourth-order valence-electron chi connectivity index (χ4n) is 3.23. The van der Waals surface area contributed by atoms with E-state index in [0.717, 1.165) is 19.3 Å². The fourth-order valence-corrected chi connectivity index (χ4v) is 3.23. The van der Waals surface area contributed by atoms with E-state index in [1.54, 1.807) is 12.1 Å². The second kappa shape index (κ2) is 8.20. The molecule has 2 N–H and O–H groups in total. The summed E-state index contributed by atoms with van der Waals surface area (Å²) in [5.41, 5.74) is -0.896. The number of ether oxygens (including phenoxy) is 1. The van der Waals surface area contributed by atoms with Crippen LogP contribution in [-0.4, -0.2) is 28.7 Å². The van der Waals surface area contributed by atoms with Crippen molar-refractivity contribution in [3.05, 3.63) is 47.6 Å². The number of carboxylic acids is 1. The van der Waals surface area contributed by atoms with Crippen molar-refractivity contribution in [2.24, 2.45) is 5.41 Å². The van der Waals surface area contributed by atoms with Crippen LogP contribution in [0.5, 0.6) is 5.75 Å². The largest absolute Gasteiger partial charge is 0.482 e. The number of nitrogens with zero attached hydrogens (tertiary/aromatic N) is 1. The number of halogens is 1. The molecule has 1 aromatic heterocycles. The number of carboxylic acid groups (broad SMARTS) is 1. The normalized spacial score (nSPS) is 15.9. The van der Waals surface area contributed by atoms with Crippen LogP contribution in [0.1, 0.15) is 48.4 Å². The molecule has 0 unspecified atom stereocenters. The summed E-state index contributed by atoms with van der Waals surface area (Å²) < 4.78 is 23.9. The Labute approximate surface area is 155 Å². The maximum Gasteiger partial charge on any atom is 0.311 e. The molecule has 27 heavy (non-hydrogen) atoms. The van der Waals surface area contributed by atoms with Gasteiger partial charge in [0.15, 0.2) is 23.0 Å². The van der Waals surface area contributed by atoms with Crippen LogP contribution in [0.2, 0.25) is 0 Å². The fraction of sp³-hybridized carbons (Fsp3) is 0.421. The molecule has 7 nitrogen and oxygen atoms in total. The van der Waals surface area contributed by atoms with Gasteiger partial charge >= 0.3 is 5.97 Å². The quantitative estimate of drug-likeness (QED) is 0.770. The number of rotatable bonds is 7. The molecule has 0 spiro atoms. The molecule has 1 amide bonds. The molecule has 1 aliphatic carbocycles. The predicted octanol–water partition coefficient (Wildman–Crippen LogP) is 3.16. The van der Waals surface area contributed by atoms with Gasteiger partial charge in [-0.15, -0.1) is 0 Å². The Balaban J connectivity index is 1.56. The van der Waals surface area contributed by atoms with Gasteiger partial charge < -0.3 is 19.7 Å². The molecule has 1 fully saturated rings. The summed E-state index contributed by atoms with van der Waals surface area (Å²) in [5, 5.41) is 15.9. The predicted molar refractivity (Wildman–Crippen MR) is 92.7 cm³/mol. The lowest BCUT2D eigenvalue weighted by Crippen LogP contribution is -2.44. The minimum atomic E-state index is -0.922. The van der Waals surface area contributed by atoms with E-state index in [4.69, 9.17) is 9.26 Å².